The Labute approximate surface area is 168 Å². The minimum absolute atomic E-state index is 0.167. The van der Waals surface area contributed by atoms with Crippen LogP contribution >= 0.6 is 0 Å². The van der Waals surface area contributed by atoms with Crippen molar-refractivity contribution in [2.45, 2.75) is 63.8 Å². The Hall–Kier alpha value is -1.88. The van der Waals surface area contributed by atoms with Gasteiger partial charge in [-0.05, 0) is 63.8 Å². The van der Waals surface area contributed by atoms with Crippen LogP contribution in [0.3, 0.4) is 0 Å². The van der Waals surface area contributed by atoms with Crippen molar-refractivity contribution < 1.29 is 14.9 Å². The lowest BCUT2D eigenvalue weighted by atomic mass is 9.78. The van der Waals surface area contributed by atoms with Crippen LogP contribution in [0.25, 0.3) is 11.1 Å². The highest BCUT2D eigenvalue weighted by Crippen LogP contribution is 2.38. The zero-order valence-electron chi connectivity index (χ0n) is 17.4. The summed E-state index contributed by atoms with van der Waals surface area (Å²) in [6, 6.07) is 18.2. The highest BCUT2D eigenvalue weighted by molar-refractivity contribution is 5.63. The summed E-state index contributed by atoms with van der Waals surface area (Å²) in [6.45, 7) is 9.30. The Morgan fingerprint density at radius 2 is 1.46 bits per heavy atom. The number of hydrogen-bond acceptors (Lipinski definition) is 4. The molecule has 1 aliphatic heterocycles. The number of likely N-dealkylation sites (tertiary alicyclic amines) is 1. The largest absolute Gasteiger partial charge is 0.491 e. The van der Waals surface area contributed by atoms with E-state index in [4.69, 9.17) is 4.74 Å². The minimum atomic E-state index is -0.595. The van der Waals surface area contributed by atoms with Crippen molar-refractivity contribution in [3.8, 4) is 16.9 Å². The quantitative estimate of drug-likeness (QED) is 0.788. The summed E-state index contributed by atoms with van der Waals surface area (Å²) in [5, 5.41) is 20.8. The lowest BCUT2D eigenvalue weighted by Gasteiger charge is -2.54. The predicted molar refractivity (Wildman–Crippen MR) is 113 cm³/mol. The van der Waals surface area contributed by atoms with E-state index >= 15 is 0 Å². The molecule has 0 radical (unpaired) electrons. The van der Waals surface area contributed by atoms with E-state index < -0.39 is 6.10 Å². The van der Waals surface area contributed by atoms with E-state index in [0.29, 0.717) is 19.4 Å². The van der Waals surface area contributed by atoms with Gasteiger partial charge < -0.3 is 14.9 Å². The second-order valence-corrected chi connectivity index (χ2v) is 9.15. The van der Waals surface area contributed by atoms with Crippen molar-refractivity contribution in [3.63, 3.8) is 0 Å². The molecule has 0 aromatic heterocycles. The molecule has 0 spiro atoms. The van der Waals surface area contributed by atoms with E-state index in [0.717, 1.165) is 11.3 Å². The normalized spacial score (nSPS) is 20.6. The summed E-state index contributed by atoms with van der Waals surface area (Å²) in [5.74, 6) is 0.756. The first-order chi connectivity index (χ1) is 13.2. The van der Waals surface area contributed by atoms with Crippen LogP contribution in [0.5, 0.6) is 5.75 Å². The van der Waals surface area contributed by atoms with Crippen molar-refractivity contribution in [2.24, 2.45) is 0 Å². The molecular formula is C24H33NO3. The topological polar surface area (TPSA) is 52.9 Å². The average molecular weight is 384 g/mol. The predicted octanol–water partition coefficient (Wildman–Crippen LogP) is 4.11. The fraction of sp³-hybridized carbons (Fsp3) is 0.500. The maximum Gasteiger partial charge on any atom is 0.119 e. The second-order valence-electron chi connectivity index (χ2n) is 9.15. The van der Waals surface area contributed by atoms with E-state index in [-0.39, 0.29) is 23.8 Å². The molecule has 1 aliphatic rings. The zero-order chi connectivity index (χ0) is 20.4. The monoisotopic (exact) mass is 383 g/mol. The molecule has 2 aromatic rings. The standard InChI is InChI=1S/C24H33NO3/c1-23(2)14-20(26)15-24(3,4)25(23)16-21(27)17-28-22-12-10-19(11-13-22)18-8-6-5-7-9-18/h5-13,20-21,26-27H,14-17H2,1-4H3/t21-/m0/s1. The number of piperidine rings is 1. The molecular weight excluding hydrogens is 350 g/mol. The molecule has 4 nitrogen and oxygen atoms in total. The van der Waals surface area contributed by atoms with Gasteiger partial charge in [-0.2, -0.15) is 0 Å². The highest BCUT2D eigenvalue weighted by atomic mass is 16.5. The number of aliphatic hydroxyl groups is 2. The van der Waals surface area contributed by atoms with Gasteiger partial charge in [0.15, 0.2) is 0 Å². The Morgan fingerprint density at radius 3 is 2.04 bits per heavy atom. The van der Waals surface area contributed by atoms with Crippen LogP contribution in [0, 0.1) is 0 Å². The number of benzene rings is 2. The van der Waals surface area contributed by atoms with E-state index in [1.165, 1.54) is 5.56 Å². The average Bonchev–Trinajstić information content (AvgIpc) is 2.63. The molecule has 0 unspecified atom stereocenters. The van der Waals surface area contributed by atoms with Crippen molar-refractivity contribution in [2.75, 3.05) is 13.2 Å². The summed E-state index contributed by atoms with van der Waals surface area (Å²) in [7, 11) is 0. The molecule has 0 amide bonds. The van der Waals surface area contributed by atoms with Crippen LogP contribution in [0.2, 0.25) is 0 Å². The van der Waals surface area contributed by atoms with Gasteiger partial charge in [-0.25, -0.2) is 0 Å². The number of nitrogens with zero attached hydrogens (tertiary/aromatic N) is 1. The summed E-state index contributed by atoms with van der Waals surface area (Å²) in [4.78, 5) is 2.30. The molecule has 4 heteroatoms. The number of ether oxygens (including phenoxy) is 1. The maximum atomic E-state index is 10.6. The van der Waals surface area contributed by atoms with Gasteiger partial charge in [0.25, 0.3) is 0 Å². The molecule has 0 saturated carbocycles. The Morgan fingerprint density at radius 1 is 0.929 bits per heavy atom. The molecule has 2 N–H and O–H groups in total. The van der Waals surface area contributed by atoms with E-state index in [2.05, 4.69) is 44.7 Å². The summed E-state index contributed by atoms with van der Waals surface area (Å²) < 4.78 is 5.83. The van der Waals surface area contributed by atoms with Gasteiger partial charge in [-0.1, -0.05) is 42.5 Å². The van der Waals surface area contributed by atoms with Gasteiger partial charge in [0, 0.05) is 17.6 Å². The fourth-order valence-corrected chi connectivity index (χ4v) is 4.59. The first-order valence-electron chi connectivity index (χ1n) is 10.1. The highest BCUT2D eigenvalue weighted by Gasteiger charge is 2.45. The van der Waals surface area contributed by atoms with Crippen LogP contribution in [-0.4, -0.2) is 51.6 Å². The molecule has 1 atom stereocenters. The molecule has 1 heterocycles. The molecule has 0 aliphatic carbocycles. The van der Waals surface area contributed by atoms with Crippen molar-refractivity contribution in [3.05, 3.63) is 54.6 Å². The molecule has 152 valence electrons. The number of hydrogen-bond donors (Lipinski definition) is 2. The van der Waals surface area contributed by atoms with Crippen LogP contribution in [0.4, 0.5) is 0 Å². The van der Waals surface area contributed by atoms with E-state index in [9.17, 15) is 10.2 Å². The summed E-state index contributed by atoms with van der Waals surface area (Å²) >= 11 is 0. The third kappa shape index (κ3) is 4.93. The van der Waals surface area contributed by atoms with Crippen molar-refractivity contribution in [1.82, 2.24) is 4.90 Å². The lowest BCUT2D eigenvalue weighted by Crippen LogP contribution is -2.63. The zero-order valence-corrected chi connectivity index (χ0v) is 17.4. The second kappa shape index (κ2) is 8.24. The van der Waals surface area contributed by atoms with Gasteiger partial charge in [-0.15, -0.1) is 0 Å². The van der Waals surface area contributed by atoms with Gasteiger partial charge in [0.05, 0.1) is 6.10 Å². The van der Waals surface area contributed by atoms with Crippen LogP contribution in [0.15, 0.2) is 54.6 Å². The molecule has 3 rings (SSSR count). The SMILES string of the molecule is CC1(C)CC(O)CC(C)(C)N1C[C@H](O)COc1ccc(-c2ccccc2)cc1. The summed E-state index contributed by atoms with van der Waals surface area (Å²) in [6.07, 6.45) is 0.538. The number of β-amino-alcohol motifs (C(OH)–C–C–N with tert-alkyl or cyclic N) is 1. The first-order valence-corrected chi connectivity index (χ1v) is 10.1. The lowest BCUT2D eigenvalue weighted by molar-refractivity contribution is -0.1000. The Balaban J connectivity index is 1.57. The minimum Gasteiger partial charge on any atom is -0.491 e. The molecule has 28 heavy (non-hydrogen) atoms. The van der Waals surface area contributed by atoms with Gasteiger partial charge in [0.2, 0.25) is 0 Å². The fourth-order valence-electron chi connectivity index (χ4n) is 4.59. The molecule has 0 bridgehead atoms. The van der Waals surface area contributed by atoms with Crippen molar-refractivity contribution >= 4 is 0 Å². The van der Waals surface area contributed by atoms with Crippen LogP contribution < -0.4 is 4.74 Å². The van der Waals surface area contributed by atoms with Crippen LogP contribution in [-0.2, 0) is 0 Å². The van der Waals surface area contributed by atoms with Gasteiger partial charge >= 0.3 is 0 Å². The van der Waals surface area contributed by atoms with Crippen molar-refractivity contribution in [1.29, 1.82) is 0 Å². The third-order valence-electron chi connectivity index (χ3n) is 5.73. The molecule has 1 fully saturated rings. The number of rotatable bonds is 6. The first kappa shape index (κ1) is 20.8. The third-order valence-corrected chi connectivity index (χ3v) is 5.73. The summed E-state index contributed by atoms with van der Waals surface area (Å²) in [5.41, 5.74) is 1.98. The Bertz CT molecular complexity index is 737. The Kier molecular flexibility index (Phi) is 6.13. The van der Waals surface area contributed by atoms with Gasteiger partial charge in [0.1, 0.15) is 18.5 Å². The van der Waals surface area contributed by atoms with E-state index in [1.807, 2.05) is 42.5 Å². The smallest absolute Gasteiger partial charge is 0.119 e. The van der Waals surface area contributed by atoms with E-state index in [1.54, 1.807) is 0 Å². The molecule has 1 saturated heterocycles. The maximum absolute atomic E-state index is 10.6. The van der Waals surface area contributed by atoms with Crippen LogP contribution in [0.1, 0.15) is 40.5 Å². The van der Waals surface area contributed by atoms with Gasteiger partial charge in [-0.3, -0.25) is 4.90 Å². The number of aliphatic hydroxyl groups excluding tert-OH is 2. The molecule has 2 aromatic carbocycles.